The van der Waals surface area contributed by atoms with Crippen molar-refractivity contribution in [2.45, 2.75) is 17.1 Å². The van der Waals surface area contributed by atoms with Crippen LogP contribution < -0.4 is 16.0 Å². The van der Waals surface area contributed by atoms with Gasteiger partial charge in [0.15, 0.2) is 0 Å². The molecule has 41 heavy (non-hydrogen) atoms. The molecular weight excluding hydrogens is 601 g/mol. The fourth-order valence-electron chi connectivity index (χ4n) is 3.59. The number of benzene rings is 4. The van der Waals surface area contributed by atoms with E-state index in [2.05, 4.69) is 16.0 Å². The van der Waals surface area contributed by atoms with Crippen molar-refractivity contribution < 1.29 is 14.4 Å². The second-order valence-electron chi connectivity index (χ2n) is 8.75. The first-order valence-corrected chi connectivity index (χ1v) is 14.4. The summed E-state index contributed by atoms with van der Waals surface area (Å²) < 4.78 is 0. The third-order valence-electron chi connectivity index (χ3n) is 5.72. The molecule has 0 spiro atoms. The number of anilines is 2. The van der Waals surface area contributed by atoms with Gasteiger partial charge in [-0.15, -0.1) is 11.8 Å². The number of hydrogen-bond acceptors (Lipinski definition) is 4. The molecule has 10 heteroatoms. The Bertz CT molecular complexity index is 1560. The monoisotopic (exact) mass is 623 g/mol. The zero-order valence-electron chi connectivity index (χ0n) is 21.7. The minimum Gasteiger partial charge on any atom is -0.325 e. The highest BCUT2D eigenvalue weighted by Gasteiger charge is 2.18. The van der Waals surface area contributed by atoms with Gasteiger partial charge in [0, 0.05) is 42.5 Å². The number of thioether (sulfide) groups is 1. The van der Waals surface area contributed by atoms with Gasteiger partial charge in [0.25, 0.3) is 11.8 Å². The van der Waals surface area contributed by atoms with Gasteiger partial charge >= 0.3 is 0 Å². The molecule has 0 aliphatic carbocycles. The predicted molar refractivity (Wildman–Crippen MR) is 169 cm³/mol. The summed E-state index contributed by atoms with van der Waals surface area (Å²) in [5.74, 6) is -1.19. The van der Waals surface area contributed by atoms with Gasteiger partial charge in [-0.25, -0.2) is 0 Å². The second-order valence-corrected chi connectivity index (χ2v) is 11.4. The lowest BCUT2D eigenvalue weighted by molar-refractivity contribution is -0.115. The minimum absolute atomic E-state index is 0.0419. The fraction of sp³-hybridized carbons (Fsp3) is 0.0645. The summed E-state index contributed by atoms with van der Waals surface area (Å²) in [7, 11) is 0. The number of carbonyl (C=O) groups excluding carboxylic acids is 3. The average Bonchev–Trinajstić information content (AvgIpc) is 2.97. The van der Waals surface area contributed by atoms with E-state index >= 15 is 0 Å². The number of rotatable bonds is 9. The molecule has 1 unspecified atom stereocenters. The number of halogens is 3. The zero-order valence-corrected chi connectivity index (χ0v) is 24.7. The summed E-state index contributed by atoms with van der Waals surface area (Å²) in [6, 6.07) is 27.4. The van der Waals surface area contributed by atoms with E-state index in [0.29, 0.717) is 37.6 Å². The van der Waals surface area contributed by atoms with Crippen LogP contribution in [0.15, 0.2) is 108 Å². The highest BCUT2D eigenvalue weighted by Crippen LogP contribution is 2.28. The normalized spacial score (nSPS) is 11.9. The molecule has 6 nitrogen and oxygen atoms in total. The highest BCUT2D eigenvalue weighted by molar-refractivity contribution is 8.00. The molecule has 0 radical (unpaired) electrons. The molecular formula is C31H24Cl3N3O3S. The quantitative estimate of drug-likeness (QED) is 0.129. The van der Waals surface area contributed by atoms with Crippen molar-refractivity contribution in [1.29, 1.82) is 0 Å². The Labute approximate surface area is 257 Å². The second kappa shape index (κ2) is 14.2. The number of amides is 3. The third-order valence-corrected chi connectivity index (χ3v) is 7.75. The maximum atomic E-state index is 13.3. The van der Waals surface area contributed by atoms with E-state index in [1.165, 1.54) is 17.8 Å². The van der Waals surface area contributed by atoms with Crippen LogP contribution in [-0.2, 0) is 9.59 Å². The predicted octanol–water partition coefficient (Wildman–Crippen LogP) is 8.18. The van der Waals surface area contributed by atoms with Crippen LogP contribution in [0.4, 0.5) is 11.4 Å². The molecule has 3 N–H and O–H groups in total. The van der Waals surface area contributed by atoms with Crippen molar-refractivity contribution >= 4 is 81.7 Å². The Hall–Kier alpha value is -3.75. The molecule has 0 aliphatic rings. The molecule has 0 bridgehead atoms. The largest absolute Gasteiger partial charge is 0.325 e. The van der Waals surface area contributed by atoms with Crippen LogP contribution in [0.25, 0.3) is 6.08 Å². The Balaban J connectivity index is 1.46. The van der Waals surface area contributed by atoms with Crippen molar-refractivity contribution in [1.82, 2.24) is 5.32 Å². The first-order valence-electron chi connectivity index (χ1n) is 12.4. The average molecular weight is 625 g/mol. The van der Waals surface area contributed by atoms with Crippen molar-refractivity contribution in [2.75, 3.05) is 10.6 Å². The van der Waals surface area contributed by atoms with Gasteiger partial charge in [-0.3, -0.25) is 14.4 Å². The van der Waals surface area contributed by atoms with E-state index < -0.39 is 11.8 Å². The van der Waals surface area contributed by atoms with Crippen LogP contribution in [0, 0.1) is 0 Å². The lowest BCUT2D eigenvalue weighted by atomic mass is 10.1. The van der Waals surface area contributed by atoms with E-state index in [1.807, 2.05) is 0 Å². The third kappa shape index (κ3) is 8.62. The Kier molecular flexibility index (Phi) is 10.5. The molecule has 0 aliphatic heterocycles. The van der Waals surface area contributed by atoms with Gasteiger partial charge in [0.05, 0.1) is 5.25 Å². The maximum Gasteiger partial charge on any atom is 0.272 e. The van der Waals surface area contributed by atoms with Gasteiger partial charge in [0.1, 0.15) is 5.70 Å². The van der Waals surface area contributed by atoms with Crippen LogP contribution >= 0.6 is 46.6 Å². The van der Waals surface area contributed by atoms with E-state index in [1.54, 1.807) is 104 Å². The first-order chi connectivity index (χ1) is 19.7. The molecule has 0 saturated heterocycles. The number of carbonyl (C=O) groups is 3. The molecule has 4 rings (SSSR count). The minimum atomic E-state index is -0.568. The first kappa shape index (κ1) is 30.2. The summed E-state index contributed by atoms with van der Waals surface area (Å²) >= 11 is 19.9. The molecule has 208 valence electrons. The Morgan fingerprint density at radius 1 is 0.732 bits per heavy atom. The topological polar surface area (TPSA) is 87.3 Å². The van der Waals surface area contributed by atoms with Gasteiger partial charge < -0.3 is 16.0 Å². The number of hydrogen-bond donors (Lipinski definition) is 3. The molecule has 1 atom stereocenters. The standard InChI is InChI=1S/C31H24Cl3N3O3S/c1-19(29(38)35-22-12-10-21(32)11-13-22)41-24-16-14-23(15-17-24)36-31(40)28(18-25-26(33)8-5-9-27(25)34)37-30(39)20-6-3-2-4-7-20/h2-19H,1H3,(H,35,38)(H,36,40)(H,37,39)/b28-18-. The molecule has 0 aromatic heterocycles. The van der Waals surface area contributed by atoms with E-state index in [0.717, 1.165) is 4.90 Å². The molecule has 4 aromatic carbocycles. The van der Waals surface area contributed by atoms with Crippen molar-refractivity contribution in [3.05, 3.63) is 129 Å². The van der Waals surface area contributed by atoms with Gasteiger partial charge in [-0.05, 0) is 85.8 Å². The highest BCUT2D eigenvalue weighted by atomic mass is 35.5. The zero-order chi connectivity index (χ0) is 29.4. The van der Waals surface area contributed by atoms with Crippen molar-refractivity contribution in [2.24, 2.45) is 0 Å². The van der Waals surface area contributed by atoms with Crippen LogP contribution in [0.3, 0.4) is 0 Å². The van der Waals surface area contributed by atoms with Crippen molar-refractivity contribution in [3.63, 3.8) is 0 Å². The lowest BCUT2D eigenvalue weighted by Crippen LogP contribution is -2.30. The van der Waals surface area contributed by atoms with E-state index in [4.69, 9.17) is 34.8 Å². The molecule has 0 saturated carbocycles. The molecule has 4 aromatic rings. The summed E-state index contributed by atoms with van der Waals surface area (Å²) in [6.45, 7) is 1.80. The summed E-state index contributed by atoms with van der Waals surface area (Å²) in [5, 5.41) is 9.18. The Morgan fingerprint density at radius 2 is 1.32 bits per heavy atom. The number of nitrogens with one attached hydrogen (secondary N) is 3. The SMILES string of the molecule is CC(Sc1ccc(NC(=O)/C(=C/c2c(Cl)cccc2Cl)NC(=O)c2ccccc2)cc1)C(=O)Nc1ccc(Cl)cc1. The van der Waals surface area contributed by atoms with Gasteiger partial charge in [-0.2, -0.15) is 0 Å². The van der Waals surface area contributed by atoms with Gasteiger partial charge in [-0.1, -0.05) is 59.1 Å². The van der Waals surface area contributed by atoms with Gasteiger partial charge in [0.2, 0.25) is 5.91 Å². The summed E-state index contributed by atoms with van der Waals surface area (Å²) in [4.78, 5) is 39.6. The lowest BCUT2D eigenvalue weighted by Gasteiger charge is -2.14. The molecule has 0 heterocycles. The van der Waals surface area contributed by atoms with Crippen LogP contribution in [0.1, 0.15) is 22.8 Å². The molecule has 0 fully saturated rings. The maximum absolute atomic E-state index is 13.3. The van der Waals surface area contributed by atoms with E-state index in [-0.39, 0.29) is 16.9 Å². The van der Waals surface area contributed by atoms with Crippen molar-refractivity contribution in [3.8, 4) is 0 Å². The summed E-state index contributed by atoms with van der Waals surface area (Å²) in [5.41, 5.74) is 1.88. The summed E-state index contributed by atoms with van der Waals surface area (Å²) in [6.07, 6.45) is 1.44. The molecule has 3 amide bonds. The van der Waals surface area contributed by atoms with Crippen LogP contribution in [0.5, 0.6) is 0 Å². The van der Waals surface area contributed by atoms with Crippen LogP contribution in [-0.4, -0.2) is 23.0 Å². The fourth-order valence-corrected chi connectivity index (χ4v) is 5.09. The van der Waals surface area contributed by atoms with Crippen LogP contribution in [0.2, 0.25) is 15.1 Å². The smallest absolute Gasteiger partial charge is 0.272 e. The Morgan fingerprint density at radius 3 is 1.95 bits per heavy atom. The van der Waals surface area contributed by atoms with E-state index in [9.17, 15) is 14.4 Å².